The predicted molar refractivity (Wildman–Crippen MR) is 31.8 cm³/mol. The van der Waals surface area contributed by atoms with Crippen molar-refractivity contribution in [1.82, 2.24) is 5.43 Å². The Hall–Kier alpha value is -1.23. The number of nitrogens with two attached hydrogens (primary N) is 2. The number of hydrogen-bond acceptors (Lipinski definition) is 4. The number of aliphatic carboxylic acids is 1. The topological polar surface area (TPSA) is 101 Å². The van der Waals surface area contributed by atoms with E-state index in [1.807, 2.05) is 5.43 Å². The van der Waals surface area contributed by atoms with Gasteiger partial charge in [-0.2, -0.15) is 0 Å². The van der Waals surface area contributed by atoms with Crippen molar-refractivity contribution in [2.75, 3.05) is 0 Å². The van der Waals surface area contributed by atoms with Gasteiger partial charge >= 0.3 is 5.97 Å². The number of carbonyl (C=O) groups is 1. The molecule has 0 saturated heterocycles. The summed E-state index contributed by atoms with van der Waals surface area (Å²) in [7, 11) is 0. The van der Waals surface area contributed by atoms with Crippen molar-refractivity contribution in [2.45, 2.75) is 6.92 Å². The molecule has 0 fully saturated rings. The quantitative estimate of drug-likeness (QED) is 0.212. The Balaban J connectivity index is 4.35. The van der Waals surface area contributed by atoms with Gasteiger partial charge in [0.2, 0.25) is 0 Å². The average Bonchev–Trinajstić information content (AvgIpc) is 1.64. The molecular weight excluding hydrogens is 122 g/mol. The smallest absolute Gasteiger partial charge is 0.355 e. The van der Waals surface area contributed by atoms with Crippen LogP contribution in [0.25, 0.3) is 0 Å². The Morgan fingerprint density at radius 3 is 2.11 bits per heavy atom. The maximum absolute atomic E-state index is 10.1. The fourth-order valence-electron chi connectivity index (χ4n) is 0.344. The van der Waals surface area contributed by atoms with Crippen molar-refractivity contribution >= 4 is 5.97 Å². The zero-order valence-corrected chi connectivity index (χ0v) is 5.01. The molecule has 0 bridgehead atoms. The highest BCUT2D eigenvalue weighted by atomic mass is 16.4. The first-order valence-electron chi connectivity index (χ1n) is 2.26. The molecule has 52 valence electrons. The summed E-state index contributed by atoms with van der Waals surface area (Å²) < 4.78 is 0. The predicted octanol–water partition coefficient (Wildman–Crippen LogP) is -1.28. The lowest BCUT2D eigenvalue weighted by atomic mass is 10.4. The molecule has 0 unspecified atom stereocenters. The molecule has 0 spiro atoms. The SMILES string of the molecule is C/C(N)=C(/NN)C(=O)O. The third kappa shape index (κ3) is 2.00. The van der Waals surface area contributed by atoms with Crippen molar-refractivity contribution in [3.05, 3.63) is 11.4 Å². The minimum Gasteiger partial charge on any atom is -0.476 e. The molecule has 0 aromatic heterocycles. The van der Waals surface area contributed by atoms with Crippen molar-refractivity contribution in [3.8, 4) is 0 Å². The lowest BCUT2D eigenvalue weighted by molar-refractivity contribution is -0.133. The summed E-state index contributed by atoms with van der Waals surface area (Å²) in [5, 5.41) is 8.26. The van der Waals surface area contributed by atoms with E-state index < -0.39 is 5.97 Å². The summed E-state index contributed by atoms with van der Waals surface area (Å²) in [5.74, 6) is 3.65. The van der Waals surface area contributed by atoms with Gasteiger partial charge in [-0.3, -0.25) is 5.84 Å². The van der Waals surface area contributed by atoms with E-state index in [4.69, 9.17) is 16.7 Å². The first-order valence-corrected chi connectivity index (χ1v) is 2.26. The van der Waals surface area contributed by atoms with E-state index in [0.29, 0.717) is 0 Å². The molecule has 0 heterocycles. The summed E-state index contributed by atoms with van der Waals surface area (Å²) in [5.41, 5.74) is 7.05. The number of hydrazine groups is 1. The molecule has 0 aliphatic rings. The number of carboxylic acids is 1. The molecule has 0 atom stereocenters. The van der Waals surface area contributed by atoms with Crippen LogP contribution < -0.4 is 17.0 Å². The fraction of sp³-hybridized carbons (Fsp3) is 0.250. The van der Waals surface area contributed by atoms with Crippen LogP contribution in [0.3, 0.4) is 0 Å². The second-order valence-corrected chi connectivity index (χ2v) is 1.51. The molecule has 0 rings (SSSR count). The van der Waals surface area contributed by atoms with Crippen molar-refractivity contribution < 1.29 is 9.90 Å². The number of allylic oxidation sites excluding steroid dienone is 1. The molecule has 5 nitrogen and oxygen atoms in total. The van der Waals surface area contributed by atoms with Gasteiger partial charge in [0, 0.05) is 5.70 Å². The van der Waals surface area contributed by atoms with Gasteiger partial charge in [-0.05, 0) is 6.92 Å². The maximum Gasteiger partial charge on any atom is 0.355 e. The molecule has 9 heavy (non-hydrogen) atoms. The zero-order chi connectivity index (χ0) is 7.44. The number of rotatable bonds is 2. The molecule has 0 aromatic rings. The highest BCUT2D eigenvalue weighted by molar-refractivity contribution is 5.86. The second kappa shape index (κ2) is 2.93. The van der Waals surface area contributed by atoms with Crippen LogP contribution in [0.5, 0.6) is 0 Å². The monoisotopic (exact) mass is 131 g/mol. The summed E-state index contributed by atoms with van der Waals surface area (Å²) in [6.07, 6.45) is 0. The number of carboxylic acid groups (broad SMARTS) is 1. The van der Waals surface area contributed by atoms with Crippen LogP contribution in [0.1, 0.15) is 6.92 Å². The lowest BCUT2D eigenvalue weighted by Gasteiger charge is -2.00. The molecular formula is C4H9N3O2. The van der Waals surface area contributed by atoms with Crippen LogP contribution in [0.4, 0.5) is 0 Å². The molecule has 0 amide bonds. The van der Waals surface area contributed by atoms with E-state index in [9.17, 15) is 4.79 Å². The van der Waals surface area contributed by atoms with E-state index in [2.05, 4.69) is 0 Å². The van der Waals surface area contributed by atoms with Gasteiger partial charge in [0.1, 0.15) is 0 Å². The van der Waals surface area contributed by atoms with Crippen molar-refractivity contribution in [2.24, 2.45) is 11.6 Å². The first-order chi connectivity index (χ1) is 4.09. The average molecular weight is 131 g/mol. The zero-order valence-electron chi connectivity index (χ0n) is 5.01. The Labute approximate surface area is 52.3 Å². The van der Waals surface area contributed by atoms with Crippen LogP contribution in [0.2, 0.25) is 0 Å². The van der Waals surface area contributed by atoms with Gasteiger partial charge in [0.15, 0.2) is 5.70 Å². The molecule has 0 aliphatic heterocycles. The molecule has 0 radical (unpaired) electrons. The molecule has 5 heteroatoms. The Morgan fingerprint density at radius 2 is 2.11 bits per heavy atom. The van der Waals surface area contributed by atoms with E-state index in [1.165, 1.54) is 6.92 Å². The molecule has 0 saturated carbocycles. The van der Waals surface area contributed by atoms with Crippen LogP contribution in [-0.2, 0) is 4.79 Å². The number of hydrogen-bond donors (Lipinski definition) is 4. The molecule has 0 aliphatic carbocycles. The third-order valence-corrected chi connectivity index (χ3v) is 0.753. The van der Waals surface area contributed by atoms with Crippen LogP contribution >= 0.6 is 0 Å². The minimum absolute atomic E-state index is 0.157. The van der Waals surface area contributed by atoms with Gasteiger partial charge in [-0.15, -0.1) is 0 Å². The Kier molecular flexibility index (Phi) is 2.53. The second-order valence-electron chi connectivity index (χ2n) is 1.51. The molecule has 6 N–H and O–H groups in total. The van der Waals surface area contributed by atoms with Gasteiger partial charge in [0.05, 0.1) is 0 Å². The first kappa shape index (κ1) is 7.77. The van der Waals surface area contributed by atoms with Gasteiger partial charge in [-0.1, -0.05) is 0 Å². The Morgan fingerprint density at radius 1 is 1.67 bits per heavy atom. The fourth-order valence-corrected chi connectivity index (χ4v) is 0.344. The van der Waals surface area contributed by atoms with Crippen LogP contribution in [0, 0.1) is 0 Å². The van der Waals surface area contributed by atoms with Gasteiger partial charge in [-0.25, -0.2) is 4.79 Å². The Bertz CT molecular complexity index is 148. The van der Waals surface area contributed by atoms with E-state index in [1.54, 1.807) is 0 Å². The van der Waals surface area contributed by atoms with Crippen molar-refractivity contribution in [1.29, 1.82) is 0 Å². The van der Waals surface area contributed by atoms with E-state index in [-0.39, 0.29) is 11.4 Å². The number of nitrogens with one attached hydrogen (secondary N) is 1. The summed E-state index contributed by atoms with van der Waals surface area (Å²) in [6.45, 7) is 1.45. The largest absolute Gasteiger partial charge is 0.476 e. The third-order valence-electron chi connectivity index (χ3n) is 0.753. The van der Waals surface area contributed by atoms with Gasteiger partial charge in [0.25, 0.3) is 0 Å². The van der Waals surface area contributed by atoms with Crippen molar-refractivity contribution in [3.63, 3.8) is 0 Å². The summed E-state index contributed by atoms with van der Waals surface area (Å²) in [6, 6.07) is 0. The minimum atomic E-state index is -1.16. The highest BCUT2D eigenvalue weighted by Gasteiger charge is 2.05. The van der Waals surface area contributed by atoms with E-state index in [0.717, 1.165) is 0 Å². The van der Waals surface area contributed by atoms with Crippen LogP contribution in [-0.4, -0.2) is 11.1 Å². The van der Waals surface area contributed by atoms with Crippen LogP contribution in [0.15, 0.2) is 11.4 Å². The normalized spacial score (nSPS) is 12.2. The highest BCUT2D eigenvalue weighted by Crippen LogP contribution is 1.89. The van der Waals surface area contributed by atoms with E-state index >= 15 is 0 Å². The lowest BCUT2D eigenvalue weighted by Crippen LogP contribution is -2.29. The molecule has 0 aromatic carbocycles. The van der Waals surface area contributed by atoms with Gasteiger partial charge < -0.3 is 16.3 Å². The summed E-state index contributed by atoms with van der Waals surface area (Å²) in [4.78, 5) is 10.1. The summed E-state index contributed by atoms with van der Waals surface area (Å²) >= 11 is 0. The maximum atomic E-state index is 10.1. The standard InChI is InChI=1S/C4H9N3O2/c1-2(5)3(7-6)4(8)9/h7H,5-6H2,1H3,(H,8,9)/b3-2-.